The van der Waals surface area contributed by atoms with Crippen LogP contribution in [0.4, 0.5) is 0 Å². The van der Waals surface area contributed by atoms with Crippen molar-refractivity contribution in [3.05, 3.63) is 71.8 Å². The van der Waals surface area contributed by atoms with Gasteiger partial charge >= 0.3 is 11.9 Å². The number of ether oxygens (including phenoxy) is 3. The van der Waals surface area contributed by atoms with Crippen molar-refractivity contribution in [2.75, 3.05) is 7.05 Å². The maximum atomic E-state index is 13.0. The van der Waals surface area contributed by atoms with Gasteiger partial charge in [0.1, 0.15) is 33.4 Å². The van der Waals surface area contributed by atoms with Crippen LogP contribution in [0.5, 0.6) is 0 Å². The molecule has 2 aromatic rings. The number of hydrogen-bond acceptors (Lipinski definition) is 7. The van der Waals surface area contributed by atoms with Crippen LogP contribution in [0.1, 0.15) is 17.5 Å². The lowest BCUT2D eigenvalue weighted by molar-refractivity contribution is -0.337. The van der Waals surface area contributed by atoms with E-state index in [2.05, 4.69) is 0 Å². The number of benzene rings is 2. The number of rotatable bonds is 7. The van der Waals surface area contributed by atoms with Crippen molar-refractivity contribution >= 4 is 19.8 Å². The molecular formula is C22H24BNO6. The Labute approximate surface area is 176 Å². The van der Waals surface area contributed by atoms with E-state index in [1.54, 1.807) is 12.1 Å². The highest BCUT2D eigenvalue weighted by Crippen LogP contribution is 2.48. The predicted octanol–water partition coefficient (Wildman–Crippen LogP) is 1.41. The van der Waals surface area contributed by atoms with Crippen LogP contribution in [0.3, 0.4) is 0 Å². The first kappa shape index (κ1) is 20.6. The molecule has 156 valence electrons. The molecule has 0 saturated carbocycles. The lowest BCUT2D eigenvalue weighted by Crippen LogP contribution is -2.45. The fourth-order valence-corrected chi connectivity index (χ4v) is 4.19. The Hall–Kier alpha value is -2.68. The minimum absolute atomic E-state index is 0.147. The summed E-state index contributed by atoms with van der Waals surface area (Å²) in [5.74, 6) is -3.11. The Bertz CT molecular complexity index is 881. The van der Waals surface area contributed by atoms with Crippen LogP contribution in [-0.4, -0.2) is 49.7 Å². The van der Waals surface area contributed by atoms with Gasteiger partial charge in [-0.05, 0) is 11.1 Å². The predicted molar refractivity (Wildman–Crippen MR) is 109 cm³/mol. The summed E-state index contributed by atoms with van der Waals surface area (Å²) in [4.78, 5) is 31.4. The topological polar surface area (TPSA) is 74.3 Å². The molecule has 0 aliphatic carbocycles. The quantitative estimate of drug-likeness (QED) is 0.506. The van der Waals surface area contributed by atoms with Gasteiger partial charge in [-0.15, -0.1) is 0 Å². The number of hydroxylamine groups is 2. The molecule has 0 aromatic heterocycles. The van der Waals surface area contributed by atoms with E-state index in [1.807, 2.05) is 68.5 Å². The molecule has 0 spiro atoms. The molecule has 2 fully saturated rings. The molecule has 8 heteroatoms. The Balaban J connectivity index is 1.43. The third kappa shape index (κ3) is 4.12. The summed E-state index contributed by atoms with van der Waals surface area (Å²) in [6.07, 6.45) is -0.198. The van der Waals surface area contributed by atoms with Gasteiger partial charge in [0, 0.05) is 13.1 Å². The summed E-state index contributed by atoms with van der Waals surface area (Å²) in [5.41, 5.74) is 1.76. The zero-order valence-electron chi connectivity index (χ0n) is 17.0. The minimum atomic E-state index is -1.42. The fourth-order valence-electron chi connectivity index (χ4n) is 4.19. The smallest absolute Gasteiger partial charge is 0.316 e. The van der Waals surface area contributed by atoms with Gasteiger partial charge in [0.2, 0.25) is 5.79 Å². The van der Waals surface area contributed by atoms with Crippen molar-refractivity contribution in [1.29, 1.82) is 0 Å². The van der Waals surface area contributed by atoms with Crippen molar-refractivity contribution in [2.45, 2.75) is 37.5 Å². The van der Waals surface area contributed by atoms with Crippen LogP contribution in [0.2, 0.25) is 0 Å². The first-order valence-electron chi connectivity index (χ1n) is 9.98. The van der Waals surface area contributed by atoms with Crippen molar-refractivity contribution in [1.82, 2.24) is 5.06 Å². The van der Waals surface area contributed by atoms with Gasteiger partial charge in [-0.1, -0.05) is 60.7 Å². The van der Waals surface area contributed by atoms with Gasteiger partial charge in [-0.2, -0.15) is 5.06 Å². The largest absolute Gasteiger partial charge is 0.461 e. The number of likely N-dealkylation sites (N-methyl/N-ethyl adjacent to an activating group) is 1. The van der Waals surface area contributed by atoms with Crippen LogP contribution < -0.4 is 0 Å². The number of nitrogens with zero attached hydrogens (tertiary/aromatic N) is 1. The molecule has 7 nitrogen and oxygen atoms in total. The first-order valence-corrected chi connectivity index (χ1v) is 9.98. The van der Waals surface area contributed by atoms with E-state index in [4.69, 9.17) is 19.0 Å². The first-order chi connectivity index (χ1) is 14.5. The van der Waals surface area contributed by atoms with Crippen LogP contribution in [0.25, 0.3) is 0 Å². The van der Waals surface area contributed by atoms with Crippen LogP contribution in [0.15, 0.2) is 60.7 Å². The maximum absolute atomic E-state index is 13.0. The molecule has 2 unspecified atom stereocenters. The second-order valence-corrected chi connectivity index (χ2v) is 7.66. The highest BCUT2D eigenvalue weighted by Gasteiger charge is 2.67. The monoisotopic (exact) mass is 409 g/mol. The van der Waals surface area contributed by atoms with Crippen molar-refractivity contribution in [3.8, 4) is 0 Å². The van der Waals surface area contributed by atoms with Gasteiger partial charge in [-0.25, -0.2) is 0 Å². The Morgan fingerprint density at radius 3 is 2.13 bits per heavy atom. The van der Waals surface area contributed by atoms with E-state index in [1.165, 1.54) is 0 Å². The normalized spacial score (nSPS) is 27.7. The second kappa shape index (κ2) is 8.59. The van der Waals surface area contributed by atoms with Crippen molar-refractivity contribution < 1.29 is 28.6 Å². The van der Waals surface area contributed by atoms with Crippen molar-refractivity contribution in [2.24, 2.45) is 5.92 Å². The fraction of sp³-hybridized carbons (Fsp3) is 0.364. The Morgan fingerprint density at radius 2 is 1.57 bits per heavy atom. The summed E-state index contributed by atoms with van der Waals surface area (Å²) in [6.45, 7) is 0.295. The lowest BCUT2D eigenvalue weighted by Gasteiger charge is -2.33. The molecule has 2 bridgehead atoms. The average Bonchev–Trinajstić information content (AvgIpc) is 3.18. The third-order valence-corrected chi connectivity index (χ3v) is 5.51. The Kier molecular flexibility index (Phi) is 5.90. The van der Waals surface area contributed by atoms with Gasteiger partial charge in [0.15, 0.2) is 0 Å². The highest BCUT2D eigenvalue weighted by atomic mass is 16.8. The Morgan fingerprint density at radius 1 is 1.00 bits per heavy atom. The molecule has 4 atom stereocenters. The number of hydrogen-bond donors (Lipinski definition) is 0. The molecular weight excluding hydrogens is 385 g/mol. The molecule has 4 rings (SSSR count). The molecule has 0 amide bonds. The van der Waals surface area contributed by atoms with E-state index in [9.17, 15) is 9.59 Å². The molecule has 0 N–H and O–H groups in total. The van der Waals surface area contributed by atoms with E-state index in [0.717, 1.165) is 11.1 Å². The van der Waals surface area contributed by atoms with E-state index in [-0.39, 0.29) is 31.7 Å². The second-order valence-electron chi connectivity index (χ2n) is 7.66. The van der Waals surface area contributed by atoms with Gasteiger partial charge in [0.05, 0.1) is 6.04 Å². The van der Waals surface area contributed by atoms with Crippen molar-refractivity contribution in [3.63, 3.8) is 0 Å². The number of fused-ring (bicyclic) bond motifs is 2. The molecule has 2 aromatic carbocycles. The summed E-state index contributed by atoms with van der Waals surface area (Å²) in [7, 11) is 3.59. The van der Waals surface area contributed by atoms with E-state index in [0.29, 0.717) is 0 Å². The number of carbonyl (C=O) groups is 2. The van der Waals surface area contributed by atoms with Gasteiger partial charge in [-0.3, -0.25) is 14.4 Å². The maximum Gasteiger partial charge on any atom is 0.316 e. The van der Waals surface area contributed by atoms with E-state index < -0.39 is 23.6 Å². The minimum Gasteiger partial charge on any atom is -0.461 e. The summed E-state index contributed by atoms with van der Waals surface area (Å²) in [5, 5.41) is 1.59. The molecule has 30 heavy (non-hydrogen) atoms. The SMILES string of the molecule is B[C@@H]1O[C@@]2(CC(=O)OCc3ccccc3)ON(C)C1C2C(=O)OCc1ccccc1. The molecule has 2 saturated heterocycles. The molecule has 0 radical (unpaired) electrons. The van der Waals surface area contributed by atoms with Crippen LogP contribution in [-0.2, 0) is 41.9 Å². The summed E-state index contributed by atoms with van der Waals surface area (Å²) < 4.78 is 16.9. The third-order valence-electron chi connectivity index (χ3n) is 5.51. The van der Waals surface area contributed by atoms with E-state index >= 15 is 0 Å². The lowest BCUT2D eigenvalue weighted by atomic mass is 9.84. The number of carbonyl (C=O) groups excluding carboxylic acids is 2. The molecule has 2 heterocycles. The standard InChI is InChI=1S/C22H24BNO6/c1-24-19-18(21(26)28-14-16-10-6-3-7-11-16)22(30-24,29-20(19)23)12-17(25)27-13-15-8-4-2-5-9-15/h2-11,18-20H,12-14,23H2,1H3/t18?,19?,20-,22+/m1/s1. The van der Waals surface area contributed by atoms with Gasteiger partial charge < -0.3 is 14.2 Å². The average molecular weight is 409 g/mol. The highest BCUT2D eigenvalue weighted by molar-refractivity contribution is 6.12. The molecule has 2 aliphatic rings. The van der Waals surface area contributed by atoms with Gasteiger partial charge in [0.25, 0.3) is 0 Å². The van der Waals surface area contributed by atoms with Crippen LogP contribution in [0, 0.1) is 5.92 Å². The summed E-state index contributed by atoms with van der Waals surface area (Å²) >= 11 is 0. The zero-order valence-corrected chi connectivity index (χ0v) is 17.0. The summed E-state index contributed by atoms with van der Waals surface area (Å²) in [6, 6.07) is 18.2. The number of esters is 2. The van der Waals surface area contributed by atoms with Crippen LogP contribution >= 0.6 is 0 Å². The molecule has 2 aliphatic heterocycles. The zero-order chi connectivity index (χ0) is 21.1.